The first kappa shape index (κ1) is 75.1. The highest BCUT2D eigenvalue weighted by Gasteiger charge is 2.18. The van der Waals surface area contributed by atoms with Gasteiger partial charge in [-0.25, -0.2) is 0 Å². The lowest BCUT2D eigenvalue weighted by atomic mass is 10.0. The Morgan fingerprint density at radius 3 is 0.987 bits per heavy atom. The lowest BCUT2D eigenvalue weighted by molar-refractivity contribution is -0.143. The van der Waals surface area contributed by atoms with E-state index in [1.807, 2.05) is 6.08 Å². The molecule has 0 saturated heterocycles. The van der Waals surface area contributed by atoms with Crippen molar-refractivity contribution in [3.63, 3.8) is 0 Å². The van der Waals surface area contributed by atoms with E-state index in [1.54, 1.807) is 6.08 Å². The SMILES string of the molecule is CCCCCCCCCCCCCCCCCCCCCC/C=C/C(O)C(CO)NC(=O)CCCCCCCCCCCCC/C=C\C/C=C\CCCCCCCCCCCOC(=O)CCCCCCCCCCCCC. The molecule has 0 aliphatic carbocycles. The van der Waals surface area contributed by atoms with E-state index in [4.69, 9.17) is 4.74 Å². The van der Waals surface area contributed by atoms with Crippen molar-refractivity contribution in [2.75, 3.05) is 13.2 Å². The highest BCUT2D eigenvalue weighted by atomic mass is 16.5. The van der Waals surface area contributed by atoms with Crippen LogP contribution in [0.5, 0.6) is 0 Å². The van der Waals surface area contributed by atoms with Gasteiger partial charge in [-0.1, -0.05) is 339 Å². The van der Waals surface area contributed by atoms with Gasteiger partial charge in [-0.05, 0) is 64.2 Å². The second-order valence-electron chi connectivity index (χ2n) is 23.9. The van der Waals surface area contributed by atoms with Crippen molar-refractivity contribution in [1.82, 2.24) is 5.32 Å². The average Bonchev–Trinajstić information content (AvgIpc) is 3.43. The van der Waals surface area contributed by atoms with Gasteiger partial charge in [-0.3, -0.25) is 9.59 Å². The van der Waals surface area contributed by atoms with E-state index in [0.29, 0.717) is 19.4 Å². The van der Waals surface area contributed by atoms with Gasteiger partial charge in [0.2, 0.25) is 5.91 Å². The lowest BCUT2D eigenvalue weighted by Crippen LogP contribution is -2.45. The molecule has 0 aromatic carbocycles. The maximum absolute atomic E-state index is 12.5. The maximum atomic E-state index is 12.5. The van der Waals surface area contributed by atoms with Crippen molar-refractivity contribution < 1.29 is 24.5 Å². The summed E-state index contributed by atoms with van der Waals surface area (Å²) in [4.78, 5) is 24.5. The summed E-state index contributed by atoms with van der Waals surface area (Å²) >= 11 is 0. The first-order chi connectivity index (χ1) is 38.0. The molecule has 0 aromatic heterocycles. The van der Waals surface area contributed by atoms with Gasteiger partial charge in [0.05, 0.1) is 25.4 Å². The average molecular weight is 1080 g/mol. The Morgan fingerprint density at radius 1 is 0.364 bits per heavy atom. The molecule has 3 N–H and O–H groups in total. The molecule has 0 rings (SSSR count). The molecule has 6 heteroatoms. The number of esters is 1. The van der Waals surface area contributed by atoms with Crippen LogP contribution in [0.25, 0.3) is 0 Å². The molecule has 0 aromatic rings. The van der Waals surface area contributed by atoms with Crippen LogP contribution >= 0.6 is 0 Å². The molecular weight excluding hydrogens is 947 g/mol. The predicted octanol–water partition coefficient (Wildman–Crippen LogP) is 22.3. The number of ether oxygens (including phenoxy) is 1. The zero-order valence-corrected chi connectivity index (χ0v) is 52.0. The quantitative estimate of drug-likeness (QED) is 0.0320. The third-order valence-electron chi connectivity index (χ3n) is 16.2. The minimum atomic E-state index is -0.848. The lowest BCUT2D eigenvalue weighted by Gasteiger charge is -2.20. The van der Waals surface area contributed by atoms with Crippen LogP contribution in [0.15, 0.2) is 36.5 Å². The van der Waals surface area contributed by atoms with E-state index in [2.05, 4.69) is 43.5 Å². The largest absolute Gasteiger partial charge is 0.466 e. The van der Waals surface area contributed by atoms with Crippen LogP contribution in [-0.4, -0.2) is 47.4 Å². The fourth-order valence-electron chi connectivity index (χ4n) is 10.8. The molecule has 77 heavy (non-hydrogen) atoms. The Hall–Kier alpha value is -1.92. The minimum Gasteiger partial charge on any atom is -0.466 e. The highest BCUT2D eigenvalue weighted by Crippen LogP contribution is 2.18. The Labute approximate surface area is 481 Å². The fourth-order valence-corrected chi connectivity index (χ4v) is 10.8. The Bertz CT molecular complexity index is 1250. The van der Waals surface area contributed by atoms with E-state index in [-0.39, 0.29) is 18.5 Å². The first-order valence-corrected chi connectivity index (χ1v) is 34.8. The second kappa shape index (κ2) is 66.6. The summed E-state index contributed by atoms with van der Waals surface area (Å²) in [6.45, 7) is 4.93. The Kier molecular flexibility index (Phi) is 64.9. The number of hydrogen-bond acceptors (Lipinski definition) is 5. The van der Waals surface area contributed by atoms with Crippen molar-refractivity contribution >= 4 is 11.9 Å². The van der Waals surface area contributed by atoms with Gasteiger partial charge in [0.25, 0.3) is 0 Å². The molecule has 454 valence electrons. The zero-order valence-electron chi connectivity index (χ0n) is 52.0. The Morgan fingerprint density at radius 2 is 0.649 bits per heavy atom. The van der Waals surface area contributed by atoms with Gasteiger partial charge >= 0.3 is 5.97 Å². The van der Waals surface area contributed by atoms with E-state index >= 15 is 0 Å². The van der Waals surface area contributed by atoms with Crippen LogP contribution in [0.2, 0.25) is 0 Å². The summed E-state index contributed by atoms with van der Waals surface area (Å²) in [5.74, 6) is -0.0573. The molecule has 1 amide bonds. The molecule has 2 atom stereocenters. The summed E-state index contributed by atoms with van der Waals surface area (Å²) in [6, 6.07) is -0.632. The summed E-state index contributed by atoms with van der Waals surface area (Å²) in [7, 11) is 0. The third-order valence-corrected chi connectivity index (χ3v) is 16.2. The summed E-state index contributed by atoms with van der Waals surface area (Å²) in [5.41, 5.74) is 0. The number of amides is 1. The van der Waals surface area contributed by atoms with Gasteiger partial charge in [-0.2, -0.15) is 0 Å². The molecule has 0 spiro atoms. The third kappa shape index (κ3) is 63.1. The molecule has 0 aliphatic heterocycles. The van der Waals surface area contributed by atoms with Gasteiger partial charge in [-0.15, -0.1) is 0 Å². The summed E-state index contributed by atoms with van der Waals surface area (Å²) in [5, 5.41) is 23.2. The summed E-state index contributed by atoms with van der Waals surface area (Å²) in [6.07, 6.45) is 85.0. The molecule has 0 fully saturated rings. The van der Waals surface area contributed by atoms with Crippen LogP contribution < -0.4 is 5.32 Å². The van der Waals surface area contributed by atoms with Crippen molar-refractivity contribution in [3.05, 3.63) is 36.5 Å². The minimum absolute atomic E-state index is 0.0103. The van der Waals surface area contributed by atoms with E-state index < -0.39 is 12.1 Å². The number of carbonyl (C=O) groups excluding carboxylic acids is 2. The standard InChI is InChI=1S/C71H135NO5/c1-3-5-7-9-11-13-15-16-17-18-19-20-28-31-34-37-40-44-47-51-55-59-63-69(74)68(67-73)72-70(75)64-60-56-52-48-45-41-38-35-32-29-26-24-22-21-23-25-27-30-33-36-39-42-46-50-54-58-62-66-77-71(76)65-61-57-53-49-43-14-12-10-8-6-4-2/h21-22,25,27,59,63,68-69,73-74H,3-20,23-24,26,28-58,60-62,64-67H2,1-2H3,(H,72,75)/b22-21-,27-25-,63-59+. The fraction of sp³-hybridized carbons (Fsp3) is 0.887. The molecule has 6 nitrogen and oxygen atoms in total. The van der Waals surface area contributed by atoms with Crippen molar-refractivity contribution in [2.24, 2.45) is 0 Å². The molecule has 0 heterocycles. The summed E-state index contributed by atoms with van der Waals surface area (Å²) < 4.78 is 5.47. The predicted molar refractivity (Wildman–Crippen MR) is 338 cm³/mol. The second-order valence-corrected chi connectivity index (χ2v) is 23.9. The van der Waals surface area contributed by atoms with Crippen LogP contribution in [-0.2, 0) is 14.3 Å². The van der Waals surface area contributed by atoms with Gasteiger partial charge < -0.3 is 20.3 Å². The van der Waals surface area contributed by atoms with Crippen LogP contribution in [0.1, 0.15) is 380 Å². The molecule has 2 unspecified atom stereocenters. The normalized spacial score (nSPS) is 12.7. The topological polar surface area (TPSA) is 95.9 Å². The van der Waals surface area contributed by atoms with Gasteiger partial charge in [0.1, 0.15) is 0 Å². The van der Waals surface area contributed by atoms with Crippen LogP contribution in [0.4, 0.5) is 0 Å². The van der Waals surface area contributed by atoms with E-state index in [9.17, 15) is 19.8 Å². The molecule has 0 bridgehead atoms. The van der Waals surface area contributed by atoms with Crippen molar-refractivity contribution in [3.8, 4) is 0 Å². The molecule has 0 saturated carbocycles. The van der Waals surface area contributed by atoms with Gasteiger partial charge in [0.15, 0.2) is 0 Å². The number of hydrogen-bond donors (Lipinski definition) is 3. The van der Waals surface area contributed by atoms with Crippen LogP contribution in [0.3, 0.4) is 0 Å². The van der Waals surface area contributed by atoms with E-state index in [0.717, 1.165) is 44.9 Å². The van der Waals surface area contributed by atoms with Crippen molar-refractivity contribution in [1.29, 1.82) is 0 Å². The Balaban J connectivity index is 3.45. The number of nitrogens with one attached hydrogen (secondary N) is 1. The number of allylic oxidation sites excluding steroid dienone is 5. The molecule has 0 radical (unpaired) electrons. The number of aliphatic hydroxyl groups excluding tert-OH is 2. The molecule has 0 aliphatic rings. The first-order valence-electron chi connectivity index (χ1n) is 34.8. The van der Waals surface area contributed by atoms with Crippen LogP contribution in [0, 0.1) is 0 Å². The maximum Gasteiger partial charge on any atom is 0.305 e. The molecular formula is C71H135NO5. The van der Waals surface area contributed by atoms with Gasteiger partial charge in [0, 0.05) is 12.8 Å². The number of rotatable bonds is 65. The monoisotopic (exact) mass is 1080 g/mol. The smallest absolute Gasteiger partial charge is 0.305 e. The number of unbranched alkanes of at least 4 members (excludes halogenated alkanes) is 50. The van der Waals surface area contributed by atoms with E-state index in [1.165, 1.54) is 308 Å². The number of aliphatic hydroxyl groups is 2. The highest BCUT2D eigenvalue weighted by molar-refractivity contribution is 5.76. The van der Waals surface area contributed by atoms with Crippen molar-refractivity contribution in [2.45, 2.75) is 392 Å². The zero-order chi connectivity index (χ0) is 55.7. The number of carbonyl (C=O) groups is 2.